The molecule has 0 radical (unpaired) electrons. The summed E-state index contributed by atoms with van der Waals surface area (Å²) in [6.45, 7) is 8.00. The Bertz CT molecular complexity index is 464. The van der Waals surface area contributed by atoms with Gasteiger partial charge in [0.2, 0.25) is 0 Å². The Morgan fingerprint density at radius 3 is 2.61 bits per heavy atom. The number of nitrogens with zero attached hydrogens (tertiary/aromatic N) is 2. The Kier molecular flexibility index (Phi) is 7.67. The molecule has 28 heavy (non-hydrogen) atoms. The van der Waals surface area contributed by atoms with Crippen LogP contribution in [0.3, 0.4) is 0 Å². The predicted molar refractivity (Wildman–Crippen MR) is 117 cm³/mol. The summed E-state index contributed by atoms with van der Waals surface area (Å²) >= 11 is 0. The number of likely N-dealkylation sites (tertiary alicyclic amines) is 1. The summed E-state index contributed by atoms with van der Waals surface area (Å²) in [5.74, 6) is 3.76. The molecule has 2 aliphatic carbocycles. The van der Waals surface area contributed by atoms with Gasteiger partial charge in [-0.2, -0.15) is 0 Å². The molecular formula is C23H45N5. The molecule has 2 saturated heterocycles. The van der Waals surface area contributed by atoms with Crippen molar-refractivity contribution in [3.8, 4) is 0 Å². The van der Waals surface area contributed by atoms with Crippen molar-refractivity contribution in [3.05, 3.63) is 0 Å². The zero-order valence-corrected chi connectivity index (χ0v) is 18.2. The third-order valence-electron chi connectivity index (χ3n) is 8.41. The number of nitrogens with two attached hydrogens (primary N) is 1. The van der Waals surface area contributed by atoms with Crippen LogP contribution < -0.4 is 16.4 Å². The SMILES string of the molecule is CN1CCCC(CN2CNC3CCC(C4CCC(CNCCN)CC4)CC32)C1. The Labute approximate surface area is 173 Å². The number of nitrogens with one attached hydrogen (secondary N) is 2. The van der Waals surface area contributed by atoms with E-state index in [0.29, 0.717) is 0 Å². The summed E-state index contributed by atoms with van der Waals surface area (Å²) in [5.41, 5.74) is 5.61. The quantitative estimate of drug-likeness (QED) is 0.580. The lowest BCUT2D eigenvalue weighted by Crippen LogP contribution is -2.46. The lowest BCUT2D eigenvalue weighted by atomic mass is 9.69. The number of fused-ring (bicyclic) bond motifs is 1. The van der Waals surface area contributed by atoms with E-state index in [4.69, 9.17) is 5.73 Å². The molecule has 5 heteroatoms. The fourth-order valence-corrected chi connectivity index (χ4v) is 6.83. The summed E-state index contributed by atoms with van der Waals surface area (Å²) in [7, 11) is 2.30. The lowest BCUT2D eigenvalue weighted by molar-refractivity contribution is 0.0897. The van der Waals surface area contributed by atoms with Gasteiger partial charge >= 0.3 is 0 Å². The van der Waals surface area contributed by atoms with Crippen LogP contribution in [0.4, 0.5) is 0 Å². The second-order valence-corrected chi connectivity index (χ2v) is 10.4. The maximum absolute atomic E-state index is 5.61. The van der Waals surface area contributed by atoms with Crippen LogP contribution in [0.25, 0.3) is 0 Å². The largest absolute Gasteiger partial charge is 0.329 e. The highest BCUT2D eigenvalue weighted by atomic mass is 15.3. The summed E-state index contributed by atoms with van der Waals surface area (Å²) in [4.78, 5) is 5.38. The topological polar surface area (TPSA) is 56.6 Å². The van der Waals surface area contributed by atoms with Gasteiger partial charge in [-0.05, 0) is 102 Å². The molecule has 4 fully saturated rings. The van der Waals surface area contributed by atoms with Crippen molar-refractivity contribution < 1.29 is 0 Å². The van der Waals surface area contributed by atoms with Crippen LogP contribution in [0, 0.1) is 23.7 Å². The van der Waals surface area contributed by atoms with Gasteiger partial charge in [-0.1, -0.05) is 0 Å². The van der Waals surface area contributed by atoms with E-state index in [2.05, 4.69) is 27.5 Å². The molecule has 5 nitrogen and oxygen atoms in total. The average Bonchev–Trinajstić information content (AvgIpc) is 3.11. The zero-order valence-electron chi connectivity index (χ0n) is 18.2. The second kappa shape index (κ2) is 10.2. The summed E-state index contributed by atoms with van der Waals surface area (Å²) in [6, 6.07) is 1.59. The Morgan fingerprint density at radius 2 is 1.82 bits per heavy atom. The van der Waals surface area contributed by atoms with Crippen molar-refractivity contribution in [1.29, 1.82) is 0 Å². The summed E-state index contributed by atoms with van der Waals surface area (Å²) in [6.07, 6.45) is 13.0. The van der Waals surface area contributed by atoms with Crippen LogP contribution in [-0.4, -0.2) is 74.9 Å². The summed E-state index contributed by atoms with van der Waals surface area (Å²) < 4.78 is 0. The van der Waals surface area contributed by atoms with Gasteiger partial charge in [0.15, 0.2) is 0 Å². The molecule has 0 aromatic carbocycles. The normalized spacial score (nSPS) is 40.5. The Balaban J connectivity index is 1.24. The smallest absolute Gasteiger partial charge is 0.0486 e. The highest BCUT2D eigenvalue weighted by molar-refractivity contribution is 4.98. The monoisotopic (exact) mass is 391 g/mol. The Morgan fingerprint density at radius 1 is 1.00 bits per heavy atom. The van der Waals surface area contributed by atoms with E-state index in [1.54, 1.807) is 0 Å². The molecule has 0 amide bonds. The third-order valence-corrected chi connectivity index (χ3v) is 8.41. The van der Waals surface area contributed by atoms with Crippen molar-refractivity contribution in [3.63, 3.8) is 0 Å². The van der Waals surface area contributed by atoms with E-state index >= 15 is 0 Å². The maximum atomic E-state index is 5.61. The molecule has 0 aromatic heterocycles. The minimum atomic E-state index is 0.766. The van der Waals surface area contributed by atoms with E-state index in [9.17, 15) is 0 Å². The molecule has 4 N–H and O–H groups in total. The van der Waals surface area contributed by atoms with Crippen LogP contribution in [0.1, 0.15) is 57.8 Å². The first-order valence-electron chi connectivity index (χ1n) is 12.3. The van der Waals surface area contributed by atoms with Gasteiger partial charge in [-0.3, -0.25) is 10.2 Å². The van der Waals surface area contributed by atoms with E-state index in [1.165, 1.54) is 84.0 Å². The molecule has 4 rings (SSSR count). The molecule has 4 aliphatic rings. The number of hydrogen-bond donors (Lipinski definition) is 3. The van der Waals surface area contributed by atoms with Crippen molar-refractivity contribution in [1.82, 2.24) is 20.4 Å². The van der Waals surface area contributed by atoms with Crippen LogP contribution in [0.15, 0.2) is 0 Å². The van der Waals surface area contributed by atoms with E-state index in [0.717, 1.165) is 55.5 Å². The first-order chi connectivity index (χ1) is 13.7. The minimum Gasteiger partial charge on any atom is -0.329 e. The van der Waals surface area contributed by atoms with Gasteiger partial charge in [0, 0.05) is 44.9 Å². The van der Waals surface area contributed by atoms with Gasteiger partial charge in [0.25, 0.3) is 0 Å². The molecule has 0 bridgehead atoms. The van der Waals surface area contributed by atoms with Gasteiger partial charge in [0.05, 0.1) is 0 Å². The highest BCUT2D eigenvalue weighted by Gasteiger charge is 2.42. The van der Waals surface area contributed by atoms with Gasteiger partial charge in [-0.25, -0.2) is 0 Å². The fourth-order valence-electron chi connectivity index (χ4n) is 6.83. The highest BCUT2D eigenvalue weighted by Crippen LogP contribution is 2.42. The molecule has 4 unspecified atom stereocenters. The molecule has 0 spiro atoms. The number of hydrogen-bond acceptors (Lipinski definition) is 5. The van der Waals surface area contributed by atoms with E-state index in [-0.39, 0.29) is 0 Å². The summed E-state index contributed by atoms with van der Waals surface area (Å²) in [5, 5.41) is 7.40. The lowest BCUT2D eigenvalue weighted by Gasteiger charge is -2.42. The molecule has 0 aromatic rings. The molecular weight excluding hydrogens is 346 g/mol. The number of rotatable bonds is 7. The van der Waals surface area contributed by atoms with Gasteiger partial charge in [0.1, 0.15) is 0 Å². The molecule has 2 aliphatic heterocycles. The standard InChI is InChI=1S/C23H45N5/c1-27-12-2-3-19(15-27)16-28-17-26-22-9-8-21(13-23(22)28)20-6-4-18(5-7-20)14-25-11-10-24/h18-23,25-26H,2-17,24H2,1H3. The zero-order chi connectivity index (χ0) is 19.3. The Hall–Kier alpha value is -0.200. The molecule has 4 atom stereocenters. The van der Waals surface area contributed by atoms with E-state index in [1.807, 2.05) is 0 Å². The maximum Gasteiger partial charge on any atom is 0.0486 e. The van der Waals surface area contributed by atoms with Crippen LogP contribution in [-0.2, 0) is 0 Å². The minimum absolute atomic E-state index is 0.766. The van der Waals surface area contributed by atoms with Crippen molar-refractivity contribution >= 4 is 0 Å². The van der Waals surface area contributed by atoms with Crippen LogP contribution >= 0.6 is 0 Å². The van der Waals surface area contributed by atoms with Crippen LogP contribution in [0.2, 0.25) is 0 Å². The van der Waals surface area contributed by atoms with Crippen molar-refractivity contribution in [2.45, 2.75) is 69.9 Å². The third kappa shape index (κ3) is 5.28. The van der Waals surface area contributed by atoms with Gasteiger partial charge in [-0.15, -0.1) is 0 Å². The first-order valence-corrected chi connectivity index (χ1v) is 12.3. The first kappa shape index (κ1) is 21.0. The predicted octanol–water partition coefficient (Wildman–Crippen LogP) is 2.08. The second-order valence-electron chi connectivity index (χ2n) is 10.4. The molecule has 2 saturated carbocycles. The van der Waals surface area contributed by atoms with E-state index < -0.39 is 0 Å². The average molecular weight is 392 g/mol. The van der Waals surface area contributed by atoms with Crippen molar-refractivity contribution in [2.75, 3.05) is 53.0 Å². The van der Waals surface area contributed by atoms with Crippen molar-refractivity contribution in [2.24, 2.45) is 29.4 Å². The molecule has 162 valence electrons. The number of piperidine rings is 1. The van der Waals surface area contributed by atoms with Crippen LogP contribution in [0.5, 0.6) is 0 Å². The fraction of sp³-hybridized carbons (Fsp3) is 1.00. The van der Waals surface area contributed by atoms with Gasteiger partial charge < -0.3 is 16.0 Å². The molecule has 2 heterocycles.